The molecule has 0 atom stereocenters. The summed E-state index contributed by atoms with van der Waals surface area (Å²) in [6.07, 6.45) is 2.30. The van der Waals surface area contributed by atoms with E-state index >= 15 is 0 Å². The molecular weight excluding hydrogens is 398 g/mol. The van der Waals surface area contributed by atoms with Crippen molar-refractivity contribution in [1.29, 1.82) is 0 Å². The Bertz CT molecular complexity index is 1040. The maximum absolute atomic E-state index is 12.7. The third-order valence-corrected chi connectivity index (χ3v) is 6.63. The first-order chi connectivity index (χ1) is 15.6. The first-order valence-corrected chi connectivity index (χ1v) is 11.9. The van der Waals surface area contributed by atoms with E-state index in [-0.39, 0.29) is 5.97 Å². The number of carbonyl (C=O) groups is 1. The number of H-pyrrole nitrogens is 1. The van der Waals surface area contributed by atoms with Crippen LogP contribution in [0.15, 0.2) is 48.5 Å². The van der Waals surface area contributed by atoms with Gasteiger partial charge < -0.3 is 9.72 Å². The summed E-state index contributed by atoms with van der Waals surface area (Å²) in [5.74, 6) is -0.259. The molecule has 0 aliphatic carbocycles. The molecule has 0 unspecified atom stereocenters. The molecule has 1 aromatic heterocycles. The maximum Gasteiger partial charge on any atom is 0.355 e. The lowest BCUT2D eigenvalue weighted by molar-refractivity contribution is 0.0515. The van der Waals surface area contributed by atoms with Crippen molar-refractivity contribution in [2.45, 2.75) is 52.7 Å². The third-order valence-electron chi connectivity index (χ3n) is 6.63. The molecule has 1 N–H and O–H groups in total. The van der Waals surface area contributed by atoms with Crippen molar-refractivity contribution in [3.05, 3.63) is 70.9 Å². The summed E-state index contributed by atoms with van der Waals surface area (Å²) in [6.45, 7) is 11.5. The van der Waals surface area contributed by atoms with Crippen molar-refractivity contribution >= 4 is 16.9 Å². The molecule has 0 spiro atoms. The van der Waals surface area contributed by atoms with Gasteiger partial charge in [0, 0.05) is 35.6 Å². The Morgan fingerprint density at radius 1 is 1.12 bits per heavy atom. The zero-order valence-electron chi connectivity index (χ0n) is 19.6. The zero-order chi connectivity index (χ0) is 22.5. The first-order valence-electron chi connectivity index (χ1n) is 11.9. The third kappa shape index (κ3) is 5.05. The number of benzene rings is 2. The Hall–Kier alpha value is -2.63. The molecule has 0 radical (unpaired) electrons. The average molecular weight is 434 g/mol. The van der Waals surface area contributed by atoms with E-state index in [1.54, 1.807) is 0 Å². The number of nitrogens with zero attached hydrogens (tertiary/aromatic N) is 2. The summed E-state index contributed by atoms with van der Waals surface area (Å²) in [5, 5.41) is 1.13. The van der Waals surface area contributed by atoms with Crippen LogP contribution in [0, 0.1) is 6.92 Å². The fraction of sp³-hybridized carbons (Fsp3) is 0.444. The summed E-state index contributed by atoms with van der Waals surface area (Å²) in [4.78, 5) is 21.1. The number of aromatic nitrogens is 1. The number of hydrogen-bond acceptors (Lipinski definition) is 4. The van der Waals surface area contributed by atoms with Gasteiger partial charge in [-0.3, -0.25) is 9.80 Å². The van der Waals surface area contributed by atoms with Crippen LogP contribution >= 0.6 is 0 Å². The monoisotopic (exact) mass is 433 g/mol. The highest BCUT2D eigenvalue weighted by atomic mass is 16.5. The van der Waals surface area contributed by atoms with Crippen LogP contribution in [0.25, 0.3) is 10.9 Å². The predicted molar refractivity (Wildman–Crippen MR) is 130 cm³/mol. The highest BCUT2D eigenvalue weighted by Gasteiger charge is 2.27. The van der Waals surface area contributed by atoms with Gasteiger partial charge in [0.1, 0.15) is 5.69 Å². The second-order valence-corrected chi connectivity index (χ2v) is 8.80. The number of esters is 1. The minimum atomic E-state index is -0.259. The lowest BCUT2D eigenvalue weighted by atomic mass is 10.0. The molecule has 0 amide bonds. The van der Waals surface area contributed by atoms with Crippen molar-refractivity contribution < 1.29 is 9.53 Å². The van der Waals surface area contributed by atoms with Crippen LogP contribution in [0.5, 0.6) is 0 Å². The van der Waals surface area contributed by atoms with E-state index in [0.717, 1.165) is 62.0 Å². The van der Waals surface area contributed by atoms with Crippen molar-refractivity contribution in [2.24, 2.45) is 0 Å². The number of ether oxygens (including phenoxy) is 1. The van der Waals surface area contributed by atoms with Gasteiger partial charge in [-0.05, 0) is 64.0 Å². The Kier molecular flexibility index (Phi) is 7.28. The topological polar surface area (TPSA) is 48.6 Å². The highest BCUT2D eigenvalue weighted by molar-refractivity contribution is 5.98. The Morgan fingerprint density at radius 2 is 1.88 bits per heavy atom. The minimum absolute atomic E-state index is 0.259. The molecule has 3 aromatic rings. The normalized spacial score (nSPS) is 15.5. The number of piperidine rings is 1. The van der Waals surface area contributed by atoms with E-state index in [2.05, 4.69) is 77.2 Å². The van der Waals surface area contributed by atoms with E-state index in [0.29, 0.717) is 18.3 Å². The highest BCUT2D eigenvalue weighted by Crippen LogP contribution is 2.28. The summed E-state index contributed by atoms with van der Waals surface area (Å²) < 4.78 is 5.36. The van der Waals surface area contributed by atoms with Crippen LogP contribution in [0.3, 0.4) is 0 Å². The van der Waals surface area contributed by atoms with Crippen molar-refractivity contribution in [1.82, 2.24) is 14.8 Å². The fourth-order valence-corrected chi connectivity index (χ4v) is 4.89. The smallest absolute Gasteiger partial charge is 0.355 e. The van der Waals surface area contributed by atoms with E-state index in [1.165, 1.54) is 11.1 Å². The van der Waals surface area contributed by atoms with Crippen LogP contribution in [-0.2, 0) is 17.8 Å². The first kappa shape index (κ1) is 22.6. The van der Waals surface area contributed by atoms with Crippen molar-refractivity contribution in [3.63, 3.8) is 0 Å². The van der Waals surface area contributed by atoms with Gasteiger partial charge in [-0.1, -0.05) is 48.9 Å². The molecule has 0 saturated carbocycles. The zero-order valence-corrected chi connectivity index (χ0v) is 19.6. The Morgan fingerprint density at radius 3 is 2.56 bits per heavy atom. The van der Waals surface area contributed by atoms with Crippen LogP contribution in [-0.4, -0.2) is 53.0 Å². The Labute approximate surface area is 191 Å². The van der Waals surface area contributed by atoms with E-state index < -0.39 is 0 Å². The molecule has 2 aromatic carbocycles. The molecule has 1 aliphatic rings. The number of hydrogen-bond donors (Lipinski definition) is 1. The lowest BCUT2D eigenvalue weighted by Gasteiger charge is -2.38. The molecule has 1 aliphatic heterocycles. The van der Waals surface area contributed by atoms with Crippen LogP contribution < -0.4 is 0 Å². The SMILES string of the molecule is CCOC(=O)c1[nH]c2ccc(C)cc2c1CN(CC)C1CCN(Cc2ccccc2)CC1. The molecular formula is C27H35N3O2. The van der Waals surface area contributed by atoms with Gasteiger partial charge in [0.15, 0.2) is 0 Å². The maximum atomic E-state index is 12.7. The fourth-order valence-electron chi connectivity index (χ4n) is 4.89. The van der Waals surface area contributed by atoms with Gasteiger partial charge in [-0.2, -0.15) is 0 Å². The van der Waals surface area contributed by atoms with E-state index in [4.69, 9.17) is 4.74 Å². The van der Waals surface area contributed by atoms with Gasteiger partial charge in [0.2, 0.25) is 0 Å². The predicted octanol–water partition coefficient (Wildman–Crippen LogP) is 5.14. The minimum Gasteiger partial charge on any atom is -0.461 e. The standard InChI is InChI=1S/C27H35N3O2/c1-4-30(22-13-15-29(16-14-22)18-21-9-7-6-8-10-21)19-24-23-17-20(3)11-12-25(23)28-26(24)27(31)32-5-2/h6-12,17,22,28H,4-5,13-16,18-19H2,1-3H3. The number of carbonyl (C=O) groups excluding carboxylic acids is 1. The molecule has 5 heteroatoms. The number of fused-ring (bicyclic) bond motifs is 1. The second kappa shape index (κ2) is 10.3. The molecule has 1 saturated heterocycles. The van der Waals surface area contributed by atoms with Gasteiger partial charge in [0.05, 0.1) is 6.61 Å². The van der Waals surface area contributed by atoms with E-state index in [1.807, 2.05) is 6.92 Å². The number of likely N-dealkylation sites (tertiary alicyclic amines) is 1. The summed E-state index contributed by atoms with van der Waals surface area (Å²) >= 11 is 0. The van der Waals surface area contributed by atoms with Crippen LogP contribution in [0.1, 0.15) is 53.9 Å². The summed E-state index contributed by atoms with van der Waals surface area (Å²) in [5.41, 5.74) is 5.25. The second-order valence-electron chi connectivity index (χ2n) is 8.80. The largest absolute Gasteiger partial charge is 0.461 e. The van der Waals surface area contributed by atoms with Gasteiger partial charge in [-0.15, -0.1) is 0 Å². The summed E-state index contributed by atoms with van der Waals surface area (Å²) in [7, 11) is 0. The quantitative estimate of drug-likeness (QED) is 0.500. The molecule has 5 nitrogen and oxygen atoms in total. The van der Waals surface area contributed by atoms with Crippen molar-refractivity contribution in [3.8, 4) is 0 Å². The molecule has 1 fully saturated rings. The average Bonchev–Trinajstić information content (AvgIpc) is 3.16. The molecule has 4 rings (SSSR count). The lowest BCUT2D eigenvalue weighted by Crippen LogP contribution is -2.44. The van der Waals surface area contributed by atoms with Gasteiger partial charge in [-0.25, -0.2) is 4.79 Å². The molecule has 32 heavy (non-hydrogen) atoms. The molecule has 170 valence electrons. The molecule has 2 heterocycles. The van der Waals surface area contributed by atoms with E-state index in [9.17, 15) is 4.79 Å². The van der Waals surface area contributed by atoms with Crippen LogP contribution in [0.4, 0.5) is 0 Å². The van der Waals surface area contributed by atoms with Crippen LogP contribution in [0.2, 0.25) is 0 Å². The number of nitrogens with one attached hydrogen (secondary N) is 1. The number of aromatic amines is 1. The Balaban J connectivity index is 1.49. The number of rotatable bonds is 8. The summed E-state index contributed by atoms with van der Waals surface area (Å²) in [6, 6.07) is 17.6. The van der Waals surface area contributed by atoms with Crippen molar-refractivity contribution in [2.75, 3.05) is 26.2 Å². The number of aryl methyl sites for hydroxylation is 1. The molecule has 0 bridgehead atoms. The van der Waals surface area contributed by atoms with Gasteiger partial charge >= 0.3 is 5.97 Å². The van der Waals surface area contributed by atoms with Gasteiger partial charge in [0.25, 0.3) is 0 Å².